The van der Waals surface area contributed by atoms with Gasteiger partial charge in [0.2, 0.25) is 6.41 Å². The van der Waals surface area contributed by atoms with E-state index in [4.69, 9.17) is 26.2 Å². The van der Waals surface area contributed by atoms with E-state index in [2.05, 4.69) is 10.3 Å². The van der Waals surface area contributed by atoms with E-state index in [1.807, 2.05) is 0 Å². The van der Waals surface area contributed by atoms with Crippen molar-refractivity contribution in [3.63, 3.8) is 0 Å². The highest BCUT2D eigenvalue weighted by Crippen LogP contribution is 2.30. The molecule has 1 aliphatic rings. The Morgan fingerprint density at radius 3 is 2.95 bits per heavy atom. The molecule has 2 unspecified atom stereocenters. The Kier molecular flexibility index (Phi) is 3.73. The molecular weight excluding hydrogens is 300 g/mol. The summed E-state index contributed by atoms with van der Waals surface area (Å²) in [5.41, 5.74) is 0.710. The molecule has 2 heterocycles. The van der Waals surface area contributed by atoms with Gasteiger partial charge in [-0.15, -0.1) is 0 Å². The minimum atomic E-state index is -1.04. The fourth-order valence-electron chi connectivity index (χ4n) is 2.15. The Morgan fingerprint density at radius 2 is 2.29 bits per heavy atom. The number of nitrogens with one attached hydrogen (secondary N) is 2. The summed E-state index contributed by atoms with van der Waals surface area (Å²) in [6.07, 6.45) is -1.25. The molecule has 2 atom stereocenters. The fourth-order valence-corrected chi connectivity index (χ4v) is 2.38. The van der Waals surface area contributed by atoms with E-state index >= 15 is 0 Å². The van der Waals surface area contributed by atoms with Crippen molar-refractivity contribution < 1.29 is 24.5 Å². The van der Waals surface area contributed by atoms with Gasteiger partial charge in [-0.1, -0.05) is 11.6 Å². The van der Waals surface area contributed by atoms with E-state index in [1.54, 1.807) is 12.1 Å². The fraction of sp³-hybridized carbons (Fsp3) is 0.308. The Bertz CT molecular complexity index is 686. The quantitative estimate of drug-likeness (QED) is 0.675. The Morgan fingerprint density at radius 1 is 1.48 bits per heavy atom. The van der Waals surface area contributed by atoms with Crippen LogP contribution in [-0.4, -0.2) is 46.8 Å². The van der Waals surface area contributed by atoms with Crippen molar-refractivity contribution >= 4 is 28.5 Å². The largest absolute Gasteiger partial charge is 0.489 e. The van der Waals surface area contributed by atoms with Crippen LogP contribution < -0.4 is 10.1 Å². The summed E-state index contributed by atoms with van der Waals surface area (Å²) in [6, 6.07) is 4.79. The first-order chi connectivity index (χ1) is 10.0. The van der Waals surface area contributed by atoms with Crippen LogP contribution >= 0.6 is 11.6 Å². The first-order valence-corrected chi connectivity index (χ1v) is 6.66. The monoisotopic (exact) mass is 312 g/mol. The lowest BCUT2D eigenvalue weighted by molar-refractivity contribution is -0.107. The highest BCUT2D eigenvalue weighted by molar-refractivity contribution is 6.32. The third kappa shape index (κ3) is 2.96. The maximum Gasteiger partial charge on any atom is 0.352 e. The number of halogens is 1. The topological polar surface area (TPSA) is 104 Å². The summed E-state index contributed by atoms with van der Waals surface area (Å²) in [4.78, 5) is 13.7. The van der Waals surface area contributed by atoms with Crippen LogP contribution in [0.15, 0.2) is 18.2 Å². The molecule has 4 N–H and O–H groups in total. The van der Waals surface area contributed by atoms with Gasteiger partial charge in [-0.25, -0.2) is 4.79 Å². The molecule has 1 fully saturated rings. The predicted molar refractivity (Wildman–Crippen MR) is 74.6 cm³/mol. The summed E-state index contributed by atoms with van der Waals surface area (Å²) in [7, 11) is 0. The number of rotatable bonds is 4. The molecule has 1 aromatic heterocycles. The van der Waals surface area contributed by atoms with Crippen LogP contribution in [0.1, 0.15) is 10.5 Å². The van der Waals surface area contributed by atoms with Crippen molar-refractivity contribution in [3.8, 4) is 5.75 Å². The van der Waals surface area contributed by atoms with Crippen LogP contribution in [0.4, 0.5) is 0 Å². The molecule has 7 nitrogen and oxygen atoms in total. The molecule has 2 aromatic rings. The van der Waals surface area contributed by atoms with Gasteiger partial charge in [0.25, 0.3) is 0 Å². The number of H-pyrrole nitrogens is 1. The van der Waals surface area contributed by atoms with Gasteiger partial charge >= 0.3 is 5.97 Å². The number of carboxylic acid groups (broad SMARTS) is 1. The number of hydrogen-bond donors (Lipinski definition) is 4. The number of aromatic amines is 1. The molecular formula is C13H13ClN2O5. The standard InChI is InChI=1S/C13H13ClN2O5/c14-8-1-6-2-10(12(17)18)16-9(6)3-11(8)20-5-7-4-15-13(19)21-7/h1-3,7,13,15-16,19H,4-5H2,(H,17,18). The van der Waals surface area contributed by atoms with Gasteiger partial charge in [-0.3, -0.25) is 5.32 Å². The van der Waals surface area contributed by atoms with Gasteiger partial charge in [0.05, 0.1) is 5.02 Å². The van der Waals surface area contributed by atoms with E-state index in [0.717, 1.165) is 0 Å². The second-order valence-corrected chi connectivity index (χ2v) is 5.09. The van der Waals surface area contributed by atoms with Gasteiger partial charge in [-0.05, 0) is 12.1 Å². The third-order valence-corrected chi connectivity index (χ3v) is 3.47. The average molecular weight is 313 g/mol. The lowest BCUT2D eigenvalue weighted by Gasteiger charge is -2.12. The van der Waals surface area contributed by atoms with Crippen molar-refractivity contribution in [1.29, 1.82) is 0 Å². The van der Waals surface area contributed by atoms with Crippen molar-refractivity contribution in [2.45, 2.75) is 12.5 Å². The zero-order valence-electron chi connectivity index (χ0n) is 10.8. The maximum atomic E-state index is 10.9. The van der Waals surface area contributed by atoms with Crippen molar-refractivity contribution in [2.24, 2.45) is 0 Å². The molecule has 0 saturated carbocycles. The SMILES string of the molecule is O=C(O)c1cc2cc(Cl)c(OCC3CNC(O)O3)cc2[nH]1. The maximum absolute atomic E-state index is 10.9. The van der Waals surface area contributed by atoms with Gasteiger partial charge in [0.15, 0.2) is 0 Å². The van der Waals surface area contributed by atoms with E-state index in [1.165, 1.54) is 6.07 Å². The lowest BCUT2D eigenvalue weighted by atomic mass is 10.2. The molecule has 8 heteroatoms. The summed E-state index contributed by atoms with van der Waals surface area (Å²) in [6.45, 7) is 0.703. The number of carboxylic acids is 1. The second kappa shape index (κ2) is 5.53. The highest BCUT2D eigenvalue weighted by atomic mass is 35.5. The zero-order valence-corrected chi connectivity index (χ0v) is 11.6. The second-order valence-electron chi connectivity index (χ2n) is 4.69. The molecule has 0 spiro atoms. The lowest BCUT2D eigenvalue weighted by Crippen LogP contribution is -2.22. The summed E-state index contributed by atoms with van der Waals surface area (Å²) in [5, 5.41) is 21.9. The molecule has 1 aromatic carbocycles. The Balaban J connectivity index is 1.78. The Hall–Kier alpha value is -1.80. The normalized spacial score (nSPS) is 21.8. The number of benzene rings is 1. The van der Waals surface area contributed by atoms with E-state index in [9.17, 15) is 9.90 Å². The molecule has 0 radical (unpaired) electrons. The smallest absolute Gasteiger partial charge is 0.352 e. The summed E-state index contributed by atoms with van der Waals surface area (Å²) >= 11 is 6.11. The number of carbonyl (C=O) groups is 1. The predicted octanol–water partition coefficient (Wildman–Crippen LogP) is 1.16. The summed E-state index contributed by atoms with van der Waals surface area (Å²) in [5.74, 6) is -0.614. The molecule has 1 aliphatic heterocycles. The molecule has 3 rings (SSSR count). The number of fused-ring (bicyclic) bond motifs is 1. The highest BCUT2D eigenvalue weighted by Gasteiger charge is 2.23. The number of aromatic nitrogens is 1. The first kappa shape index (κ1) is 14.2. The summed E-state index contributed by atoms with van der Waals surface area (Å²) < 4.78 is 10.7. The molecule has 1 saturated heterocycles. The van der Waals surface area contributed by atoms with Gasteiger partial charge in [0.1, 0.15) is 24.2 Å². The number of aromatic carboxylic acids is 1. The number of aliphatic hydroxyl groups excluding tert-OH is 1. The van der Waals surface area contributed by atoms with Crippen LogP contribution in [0.2, 0.25) is 5.02 Å². The van der Waals surface area contributed by atoms with Gasteiger partial charge in [0, 0.05) is 23.5 Å². The van der Waals surface area contributed by atoms with Crippen LogP contribution in [0.3, 0.4) is 0 Å². The zero-order chi connectivity index (χ0) is 15.0. The minimum absolute atomic E-state index is 0.0877. The molecule has 0 amide bonds. The molecule has 112 valence electrons. The average Bonchev–Trinajstić information content (AvgIpc) is 3.02. The molecule has 0 aliphatic carbocycles. The van der Waals surface area contributed by atoms with E-state index < -0.39 is 12.4 Å². The van der Waals surface area contributed by atoms with E-state index in [0.29, 0.717) is 28.2 Å². The van der Waals surface area contributed by atoms with E-state index in [-0.39, 0.29) is 18.4 Å². The minimum Gasteiger partial charge on any atom is -0.489 e. The van der Waals surface area contributed by atoms with Crippen LogP contribution in [-0.2, 0) is 4.74 Å². The van der Waals surface area contributed by atoms with Gasteiger partial charge < -0.3 is 24.7 Å². The number of hydrogen-bond acceptors (Lipinski definition) is 5. The molecule has 0 bridgehead atoms. The van der Waals surface area contributed by atoms with Gasteiger partial charge in [-0.2, -0.15) is 0 Å². The first-order valence-electron chi connectivity index (χ1n) is 6.28. The van der Waals surface area contributed by atoms with Crippen LogP contribution in [0.25, 0.3) is 10.9 Å². The van der Waals surface area contributed by atoms with Crippen molar-refractivity contribution in [2.75, 3.05) is 13.2 Å². The third-order valence-electron chi connectivity index (χ3n) is 3.17. The number of ether oxygens (including phenoxy) is 2. The van der Waals surface area contributed by atoms with Crippen LogP contribution in [0, 0.1) is 0 Å². The van der Waals surface area contributed by atoms with Crippen molar-refractivity contribution in [3.05, 3.63) is 28.9 Å². The van der Waals surface area contributed by atoms with Crippen LogP contribution in [0.5, 0.6) is 5.75 Å². The van der Waals surface area contributed by atoms with Crippen molar-refractivity contribution in [1.82, 2.24) is 10.3 Å². The number of aliphatic hydroxyl groups is 1. The Labute approximate surface area is 124 Å². The molecule has 21 heavy (non-hydrogen) atoms.